The molecule has 3 aromatic rings. The van der Waals surface area contributed by atoms with Gasteiger partial charge in [-0.2, -0.15) is 0 Å². The maximum atomic E-state index is 2.44. The fourth-order valence-corrected chi connectivity index (χ4v) is 11.9. The van der Waals surface area contributed by atoms with Gasteiger partial charge in [-0.3, -0.25) is 0 Å². The average molecular weight is 390 g/mol. The Morgan fingerprint density at radius 1 is 0.536 bits per heavy atom. The molecule has 3 aromatic carbocycles. The van der Waals surface area contributed by atoms with E-state index < -0.39 is 7.26 Å². The first kappa shape index (κ1) is 20.8. The molecule has 0 nitrogen and oxygen atoms in total. The van der Waals surface area contributed by atoms with Gasteiger partial charge in [0.05, 0.1) is 17.6 Å². The van der Waals surface area contributed by atoms with Gasteiger partial charge >= 0.3 is 0 Å². The van der Waals surface area contributed by atoms with E-state index in [0.717, 1.165) is 0 Å². The Balaban J connectivity index is 2.47. The smallest absolute Gasteiger partial charge is 0.0620 e. The van der Waals surface area contributed by atoms with Gasteiger partial charge in [0.25, 0.3) is 0 Å². The second-order valence-electron chi connectivity index (χ2n) is 9.68. The van der Waals surface area contributed by atoms with Gasteiger partial charge in [-0.05, 0) is 77.8 Å². The van der Waals surface area contributed by atoms with Gasteiger partial charge in [0.1, 0.15) is 10.6 Å². The lowest BCUT2D eigenvalue weighted by atomic mass is 10.0. The highest BCUT2D eigenvalue weighted by Crippen LogP contribution is 2.75. The number of rotatable bonds is 3. The second-order valence-corrected chi connectivity index (χ2v) is 14.7. The van der Waals surface area contributed by atoms with E-state index in [9.17, 15) is 0 Å². The third-order valence-electron chi connectivity index (χ3n) is 5.86. The molecule has 0 spiro atoms. The third-order valence-corrected chi connectivity index (χ3v) is 12.1. The lowest BCUT2D eigenvalue weighted by molar-refractivity contribution is 0.703. The Morgan fingerprint density at radius 2 is 1.00 bits per heavy atom. The molecule has 3 rings (SSSR count). The minimum atomic E-state index is -1.79. The summed E-state index contributed by atoms with van der Waals surface area (Å²) >= 11 is 0. The fraction of sp³-hybridized carbons (Fsp3) is 0.333. The first-order valence-electron chi connectivity index (χ1n) is 10.2. The van der Waals surface area contributed by atoms with E-state index in [1.165, 1.54) is 27.3 Å². The van der Waals surface area contributed by atoms with E-state index in [-0.39, 0.29) is 10.3 Å². The molecule has 0 unspecified atom stereocenters. The Morgan fingerprint density at radius 3 is 1.54 bits per heavy atom. The molecule has 0 radical (unpaired) electrons. The van der Waals surface area contributed by atoms with Crippen LogP contribution in [0.2, 0.25) is 0 Å². The summed E-state index contributed by atoms with van der Waals surface area (Å²) < 4.78 is 0. The maximum absolute atomic E-state index is 2.44. The van der Waals surface area contributed by atoms with Gasteiger partial charge in [-0.25, -0.2) is 0 Å². The molecular formula is C27H34P+. The van der Waals surface area contributed by atoms with Crippen molar-refractivity contribution in [2.45, 2.75) is 58.8 Å². The summed E-state index contributed by atoms with van der Waals surface area (Å²) in [4.78, 5) is 0. The molecule has 0 saturated heterocycles. The molecular weight excluding hydrogens is 355 g/mol. The summed E-state index contributed by atoms with van der Waals surface area (Å²) in [5.41, 5.74) is 4.08. The van der Waals surface area contributed by atoms with Gasteiger partial charge in [-0.1, -0.05) is 60.7 Å². The first-order valence-corrected chi connectivity index (χ1v) is 12.0. The van der Waals surface area contributed by atoms with Crippen LogP contribution in [0.1, 0.15) is 47.1 Å². The SMILES string of the molecule is Cc1ccccc1-c1ccccc1[P+](c1ccccc1)(C(C)(C)C)C(C)(C)C. The van der Waals surface area contributed by atoms with Crippen molar-refractivity contribution in [3.8, 4) is 11.1 Å². The number of aryl methyl sites for hydroxylation is 1. The van der Waals surface area contributed by atoms with Gasteiger partial charge in [-0.15, -0.1) is 0 Å². The summed E-state index contributed by atoms with van der Waals surface area (Å²) in [6, 6.07) is 29.2. The van der Waals surface area contributed by atoms with Crippen molar-refractivity contribution in [2.75, 3.05) is 0 Å². The van der Waals surface area contributed by atoms with Gasteiger partial charge < -0.3 is 0 Å². The van der Waals surface area contributed by atoms with E-state index >= 15 is 0 Å². The minimum Gasteiger partial charge on any atom is -0.0620 e. The normalized spacial score (nSPS) is 12.8. The molecule has 0 N–H and O–H groups in total. The van der Waals surface area contributed by atoms with E-state index in [2.05, 4.69) is 127 Å². The largest absolute Gasteiger partial charge is 0.108 e. The first-order chi connectivity index (χ1) is 13.1. The molecule has 0 saturated carbocycles. The molecule has 0 heterocycles. The predicted molar refractivity (Wildman–Crippen MR) is 129 cm³/mol. The van der Waals surface area contributed by atoms with Gasteiger partial charge in [0.15, 0.2) is 0 Å². The van der Waals surface area contributed by atoms with Crippen LogP contribution in [-0.2, 0) is 0 Å². The molecule has 0 fully saturated rings. The topological polar surface area (TPSA) is 0 Å². The van der Waals surface area contributed by atoms with Crippen LogP contribution in [0.15, 0.2) is 78.9 Å². The van der Waals surface area contributed by atoms with Crippen molar-refractivity contribution in [2.24, 2.45) is 0 Å². The number of hydrogen-bond donors (Lipinski definition) is 0. The molecule has 1 heteroatoms. The summed E-state index contributed by atoms with van der Waals surface area (Å²) in [6.45, 7) is 16.9. The van der Waals surface area contributed by atoms with Crippen molar-refractivity contribution in [1.29, 1.82) is 0 Å². The van der Waals surface area contributed by atoms with Crippen LogP contribution in [0.25, 0.3) is 11.1 Å². The van der Waals surface area contributed by atoms with Gasteiger partial charge in [0.2, 0.25) is 0 Å². The molecule has 28 heavy (non-hydrogen) atoms. The molecule has 0 aliphatic carbocycles. The predicted octanol–water partition coefficient (Wildman–Crippen LogP) is 7.23. The van der Waals surface area contributed by atoms with Crippen molar-refractivity contribution >= 4 is 17.9 Å². The molecule has 0 amide bonds. The molecule has 0 bridgehead atoms. The Bertz CT molecular complexity index is 926. The summed E-state index contributed by atoms with van der Waals surface area (Å²) in [6.07, 6.45) is 0. The van der Waals surface area contributed by atoms with E-state index in [0.29, 0.717) is 0 Å². The van der Waals surface area contributed by atoms with Crippen LogP contribution in [0.4, 0.5) is 0 Å². The highest BCUT2D eigenvalue weighted by atomic mass is 31.2. The lowest BCUT2D eigenvalue weighted by Crippen LogP contribution is -2.46. The zero-order valence-electron chi connectivity index (χ0n) is 18.5. The Labute approximate surface area is 172 Å². The zero-order valence-corrected chi connectivity index (χ0v) is 19.3. The van der Waals surface area contributed by atoms with Crippen LogP contribution in [-0.4, -0.2) is 10.3 Å². The maximum Gasteiger partial charge on any atom is 0.108 e. The van der Waals surface area contributed by atoms with E-state index in [1.807, 2.05) is 0 Å². The average Bonchev–Trinajstić information content (AvgIpc) is 2.62. The number of hydrogen-bond acceptors (Lipinski definition) is 0. The molecule has 0 aliphatic heterocycles. The molecule has 0 aromatic heterocycles. The molecule has 146 valence electrons. The summed E-state index contributed by atoms with van der Waals surface area (Å²) in [5.74, 6) is 0. The zero-order chi connectivity index (χ0) is 20.6. The van der Waals surface area contributed by atoms with Crippen molar-refractivity contribution in [3.05, 3.63) is 84.4 Å². The van der Waals surface area contributed by atoms with Crippen LogP contribution in [0, 0.1) is 6.92 Å². The lowest BCUT2D eigenvalue weighted by Gasteiger charge is -2.47. The van der Waals surface area contributed by atoms with Crippen LogP contribution in [0.3, 0.4) is 0 Å². The van der Waals surface area contributed by atoms with Crippen LogP contribution < -0.4 is 10.6 Å². The van der Waals surface area contributed by atoms with Crippen LogP contribution >= 0.6 is 7.26 Å². The third kappa shape index (κ3) is 3.33. The Kier molecular flexibility index (Phi) is 5.57. The number of benzene rings is 3. The van der Waals surface area contributed by atoms with Gasteiger partial charge in [0, 0.05) is 5.56 Å². The monoisotopic (exact) mass is 389 g/mol. The van der Waals surface area contributed by atoms with Crippen LogP contribution in [0.5, 0.6) is 0 Å². The Hall–Kier alpha value is -1.91. The van der Waals surface area contributed by atoms with Crippen molar-refractivity contribution < 1.29 is 0 Å². The summed E-state index contributed by atoms with van der Waals surface area (Å²) in [5, 5.41) is 3.28. The molecule has 0 atom stereocenters. The highest BCUT2D eigenvalue weighted by Gasteiger charge is 2.61. The molecule has 0 aliphatic rings. The van der Waals surface area contributed by atoms with E-state index in [1.54, 1.807) is 0 Å². The van der Waals surface area contributed by atoms with Crippen molar-refractivity contribution in [3.63, 3.8) is 0 Å². The summed E-state index contributed by atoms with van der Waals surface area (Å²) in [7, 11) is -1.79. The standard InChI is InChI=1S/C27H34P/c1-21-15-11-12-18-23(21)24-19-13-14-20-25(24)28(26(2,3)4,27(5,6)7)22-16-9-8-10-17-22/h8-20H,1-7H3/q+1. The minimum absolute atomic E-state index is 0.130. The highest BCUT2D eigenvalue weighted by molar-refractivity contribution is 7.92. The van der Waals surface area contributed by atoms with Crippen molar-refractivity contribution in [1.82, 2.24) is 0 Å². The second kappa shape index (κ2) is 7.49. The fourth-order valence-electron chi connectivity index (χ4n) is 5.16. The van der Waals surface area contributed by atoms with E-state index in [4.69, 9.17) is 0 Å². The quantitative estimate of drug-likeness (QED) is 0.415.